The highest BCUT2D eigenvalue weighted by atomic mass is 32.2. The molecular weight excluding hydrogens is 322 g/mol. The second kappa shape index (κ2) is 6.90. The summed E-state index contributed by atoms with van der Waals surface area (Å²) in [5.41, 5.74) is 4.87. The molecule has 0 bridgehead atoms. The van der Waals surface area contributed by atoms with Crippen molar-refractivity contribution in [2.45, 2.75) is 10.1 Å². The van der Waals surface area contributed by atoms with E-state index in [1.807, 2.05) is 0 Å². The number of rotatable bonds is 7. The van der Waals surface area contributed by atoms with Crippen molar-refractivity contribution in [3.63, 3.8) is 0 Å². The highest BCUT2D eigenvalue weighted by Gasteiger charge is 2.34. The highest BCUT2D eigenvalue weighted by molar-refractivity contribution is 7.93. The summed E-state index contributed by atoms with van der Waals surface area (Å²) in [4.78, 5) is 25.5. The molecule has 124 valence electrons. The zero-order chi connectivity index (χ0) is 17.0. The van der Waals surface area contributed by atoms with Gasteiger partial charge in [0.05, 0.1) is 4.90 Å². The molecule has 8 nitrogen and oxygen atoms in total. The third-order valence-corrected chi connectivity index (χ3v) is 5.47. The number of hydrogen-bond donors (Lipinski definition) is 4. The first-order chi connectivity index (χ1) is 10.9. The number of aromatic nitrogens is 1. The van der Waals surface area contributed by atoms with E-state index >= 15 is 0 Å². The molecule has 0 aliphatic carbocycles. The molecule has 1 aromatic heterocycles. The average molecular weight is 339 g/mol. The van der Waals surface area contributed by atoms with Crippen molar-refractivity contribution < 1.29 is 18.3 Å². The molecule has 1 unspecified atom stereocenters. The van der Waals surface area contributed by atoms with Crippen molar-refractivity contribution in [1.82, 2.24) is 10.3 Å². The number of nitrogens with two attached hydrogens (primary N) is 1. The lowest BCUT2D eigenvalue weighted by Crippen LogP contribution is -2.41. The van der Waals surface area contributed by atoms with Crippen molar-refractivity contribution in [2.24, 2.45) is 5.73 Å². The molecule has 23 heavy (non-hydrogen) atoms. The maximum atomic E-state index is 12.7. The van der Waals surface area contributed by atoms with Crippen LogP contribution >= 0.6 is 0 Å². The van der Waals surface area contributed by atoms with E-state index in [2.05, 4.69) is 10.3 Å². The van der Waals surface area contributed by atoms with Crippen LogP contribution < -0.4 is 16.6 Å². The lowest BCUT2D eigenvalue weighted by Gasteiger charge is -2.15. The Hall–Kier alpha value is -2.23. The van der Waals surface area contributed by atoms with Crippen LogP contribution in [0.5, 0.6) is 0 Å². The maximum Gasteiger partial charge on any atom is 0.323 e. The van der Waals surface area contributed by atoms with E-state index in [0.717, 1.165) is 0 Å². The van der Waals surface area contributed by atoms with Gasteiger partial charge in [-0.2, -0.15) is 0 Å². The van der Waals surface area contributed by atoms with E-state index in [0.29, 0.717) is 6.54 Å². The van der Waals surface area contributed by atoms with Gasteiger partial charge >= 0.3 is 5.97 Å². The quantitative estimate of drug-likeness (QED) is 0.489. The molecule has 2 rings (SSSR count). The van der Waals surface area contributed by atoms with E-state index in [1.54, 1.807) is 0 Å². The van der Waals surface area contributed by atoms with Crippen LogP contribution in [0.1, 0.15) is 0 Å². The topological polar surface area (TPSA) is 142 Å². The minimum absolute atomic E-state index is 0.178. The number of hydrogen-bond acceptors (Lipinski definition) is 6. The van der Waals surface area contributed by atoms with Gasteiger partial charge in [-0.1, -0.05) is 6.07 Å². The normalized spacial score (nSPS) is 13.1. The van der Waals surface area contributed by atoms with Gasteiger partial charge in [-0.15, -0.1) is 0 Å². The summed E-state index contributed by atoms with van der Waals surface area (Å²) < 4.78 is 25.5. The van der Waals surface area contributed by atoms with Gasteiger partial charge < -0.3 is 21.1 Å². The molecule has 5 N–H and O–H groups in total. The van der Waals surface area contributed by atoms with Crippen molar-refractivity contribution in [2.75, 3.05) is 19.6 Å². The molecule has 0 amide bonds. The Kier molecular flexibility index (Phi) is 5.14. The Morgan fingerprint density at radius 2 is 2.04 bits per heavy atom. The molecule has 9 heteroatoms. The van der Waals surface area contributed by atoms with E-state index in [-0.39, 0.29) is 28.8 Å². The fourth-order valence-electron chi connectivity index (χ4n) is 2.26. The molecule has 1 aromatic carbocycles. The van der Waals surface area contributed by atoms with Gasteiger partial charge in [-0.05, 0) is 18.2 Å². The largest absolute Gasteiger partial charge is 0.480 e. The number of aliphatic carboxylic acids is 1. The molecular formula is C14H17N3O5S. The summed E-state index contributed by atoms with van der Waals surface area (Å²) in [7, 11) is -4.18. The zero-order valence-corrected chi connectivity index (χ0v) is 13.0. The zero-order valence-electron chi connectivity index (χ0n) is 12.2. The van der Waals surface area contributed by atoms with E-state index in [9.17, 15) is 23.1 Å². The van der Waals surface area contributed by atoms with Crippen LogP contribution in [0.2, 0.25) is 0 Å². The third-order valence-electron chi connectivity index (χ3n) is 3.38. The fraction of sp³-hybridized carbons (Fsp3) is 0.286. The second-order valence-corrected chi connectivity index (χ2v) is 6.99. The monoisotopic (exact) mass is 339 g/mol. The number of carboxylic acid groups (broad SMARTS) is 1. The summed E-state index contributed by atoms with van der Waals surface area (Å²) in [5.74, 6) is -1.46. The van der Waals surface area contributed by atoms with Gasteiger partial charge in [0, 0.05) is 36.6 Å². The summed E-state index contributed by atoms with van der Waals surface area (Å²) in [6.45, 7) is 0.291. The minimum Gasteiger partial charge on any atom is -0.480 e. The molecule has 0 aliphatic rings. The third kappa shape index (κ3) is 3.41. The van der Waals surface area contributed by atoms with Crippen LogP contribution in [0.3, 0.4) is 0 Å². The van der Waals surface area contributed by atoms with Gasteiger partial charge in [0.15, 0.2) is 15.1 Å². The first-order valence-electron chi connectivity index (χ1n) is 6.87. The number of carboxylic acids is 1. The lowest BCUT2D eigenvalue weighted by molar-refractivity contribution is -0.136. The molecule has 2 aromatic rings. The number of H-pyrrole nitrogens is 1. The Morgan fingerprint density at radius 3 is 2.70 bits per heavy atom. The number of aromatic amines is 1. The Labute approximate surface area is 132 Å². The molecule has 0 radical (unpaired) electrons. The number of sulfone groups is 1. The number of nitrogens with one attached hydrogen (secondary N) is 2. The molecule has 0 fully saturated rings. The van der Waals surface area contributed by atoms with Crippen LogP contribution in [0.25, 0.3) is 10.8 Å². The smallest absolute Gasteiger partial charge is 0.323 e. The first kappa shape index (κ1) is 17.1. The number of benzene rings is 1. The van der Waals surface area contributed by atoms with Gasteiger partial charge in [-0.25, -0.2) is 8.42 Å². The molecule has 0 aliphatic heterocycles. The summed E-state index contributed by atoms with van der Waals surface area (Å²) in [5, 5.41) is 10.7. The predicted molar refractivity (Wildman–Crippen MR) is 85.1 cm³/mol. The van der Waals surface area contributed by atoms with Crippen LogP contribution in [-0.4, -0.2) is 49.4 Å². The standard InChI is InChI=1S/C14H17N3O5S/c15-5-7-16-8-12(14(19)20)23(21,22)11-3-1-2-10-9(11)4-6-17-13(10)18/h1-4,6,12,16H,5,7-8,15H2,(H,17,18)(H,19,20). The van der Waals surface area contributed by atoms with Gasteiger partial charge in [0.2, 0.25) is 0 Å². The number of carbonyl (C=O) groups is 1. The van der Waals surface area contributed by atoms with Crippen molar-refractivity contribution >= 4 is 26.6 Å². The van der Waals surface area contributed by atoms with Crippen molar-refractivity contribution in [3.8, 4) is 0 Å². The van der Waals surface area contributed by atoms with E-state index in [1.165, 1.54) is 30.5 Å². The SMILES string of the molecule is NCCNCC(C(=O)O)S(=O)(=O)c1cccc2c(=O)[nH]ccc12. The van der Waals surface area contributed by atoms with Gasteiger partial charge in [0.25, 0.3) is 5.56 Å². The fourth-order valence-corrected chi connectivity index (χ4v) is 3.92. The first-order valence-corrected chi connectivity index (χ1v) is 8.42. The Morgan fingerprint density at radius 1 is 1.30 bits per heavy atom. The Balaban J connectivity index is 2.56. The van der Waals surface area contributed by atoms with Crippen molar-refractivity contribution in [1.29, 1.82) is 0 Å². The van der Waals surface area contributed by atoms with E-state index in [4.69, 9.17) is 5.73 Å². The summed E-state index contributed by atoms with van der Waals surface area (Å²) >= 11 is 0. The molecule has 0 saturated carbocycles. The van der Waals surface area contributed by atoms with Gasteiger partial charge in [0.1, 0.15) is 0 Å². The molecule has 1 heterocycles. The second-order valence-electron chi connectivity index (χ2n) is 4.89. The molecule has 0 spiro atoms. The van der Waals surface area contributed by atoms with E-state index < -0.39 is 26.6 Å². The highest BCUT2D eigenvalue weighted by Crippen LogP contribution is 2.24. The van der Waals surface area contributed by atoms with Crippen LogP contribution in [0, 0.1) is 0 Å². The Bertz CT molecular complexity index is 875. The van der Waals surface area contributed by atoms with Gasteiger partial charge in [-0.3, -0.25) is 9.59 Å². The lowest BCUT2D eigenvalue weighted by atomic mass is 10.2. The summed E-state index contributed by atoms with van der Waals surface area (Å²) in [6, 6.07) is 5.64. The minimum atomic E-state index is -4.18. The maximum absolute atomic E-state index is 12.7. The number of pyridine rings is 1. The number of fused-ring (bicyclic) bond motifs is 1. The van der Waals surface area contributed by atoms with Crippen molar-refractivity contribution in [3.05, 3.63) is 40.8 Å². The predicted octanol–water partition coefficient (Wildman–Crippen LogP) is -0.697. The average Bonchev–Trinajstić information content (AvgIpc) is 2.51. The summed E-state index contributed by atoms with van der Waals surface area (Å²) in [6.07, 6.45) is 1.33. The van der Waals surface area contributed by atoms with Crippen LogP contribution in [-0.2, 0) is 14.6 Å². The molecule has 0 saturated heterocycles. The molecule has 1 atom stereocenters. The van der Waals surface area contributed by atoms with Crippen LogP contribution in [0.15, 0.2) is 40.2 Å². The van der Waals surface area contributed by atoms with Crippen LogP contribution in [0.4, 0.5) is 0 Å².